The summed E-state index contributed by atoms with van der Waals surface area (Å²) in [6.45, 7) is 4.70. The van der Waals surface area contributed by atoms with E-state index in [9.17, 15) is 9.59 Å². The standard InChI is InChI=1S/C29H35BrClN7O2.B/c1-19-32-10-12-36(19)11-4-9-33-28(39)25-18-37(13-14-38(25)29(40)35(2)3)27-24-8-7-23(31)16-20(24)5-6-21-15-22(30)17-34-26(21)27;/h7-8,10,12,15-17,25,27H,4-6,9,11,13-14,18H2,1-3H3,(H,33,39);/t25-,27?;/m1./s1. The Hall–Kier alpha value is -2.89. The lowest BCUT2D eigenvalue weighted by molar-refractivity contribution is -0.128. The van der Waals surface area contributed by atoms with Gasteiger partial charge in [0.05, 0.1) is 11.7 Å². The molecule has 2 atom stereocenters. The van der Waals surface area contributed by atoms with Gasteiger partial charge in [-0.2, -0.15) is 0 Å². The summed E-state index contributed by atoms with van der Waals surface area (Å²) in [6, 6.07) is 7.26. The van der Waals surface area contributed by atoms with Crippen LogP contribution in [-0.2, 0) is 24.2 Å². The lowest BCUT2D eigenvalue weighted by Gasteiger charge is -2.44. The monoisotopic (exact) mass is 638 g/mol. The minimum absolute atomic E-state index is 0. The van der Waals surface area contributed by atoms with Crippen molar-refractivity contribution in [1.82, 2.24) is 34.6 Å². The first-order chi connectivity index (χ1) is 19.2. The molecule has 3 aromatic rings. The molecule has 2 aromatic heterocycles. The third-order valence-electron chi connectivity index (χ3n) is 7.80. The summed E-state index contributed by atoms with van der Waals surface area (Å²) in [6.07, 6.45) is 8.03. The van der Waals surface area contributed by atoms with Crippen molar-refractivity contribution in [2.24, 2.45) is 0 Å². The van der Waals surface area contributed by atoms with Crippen LogP contribution in [0.15, 0.2) is 47.3 Å². The summed E-state index contributed by atoms with van der Waals surface area (Å²) in [7, 11) is 3.45. The number of urea groups is 1. The van der Waals surface area contributed by atoms with Gasteiger partial charge in [0, 0.05) is 83.3 Å². The Morgan fingerprint density at radius 1 is 1.15 bits per heavy atom. The fourth-order valence-electron chi connectivity index (χ4n) is 5.75. The van der Waals surface area contributed by atoms with E-state index in [1.807, 2.05) is 31.5 Å². The van der Waals surface area contributed by atoms with Gasteiger partial charge in [-0.1, -0.05) is 17.7 Å². The first-order valence-corrected chi connectivity index (χ1v) is 14.8. The van der Waals surface area contributed by atoms with Gasteiger partial charge < -0.3 is 19.7 Å². The van der Waals surface area contributed by atoms with Crippen molar-refractivity contribution in [3.8, 4) is 0 Å². The summed E-state index contributed by atoms with van der Waals surface area (Å²) < 4.78 is 3.01. The molecule has 1 aromatic carbocycles. The van der Waals surface area contributed by atoms with E-state index in [4.69, 9.17) is 16.6 Å². The van der Waals surface area contributed by atoms with Crippen LogP contribution in [0.25, 0.3) is 0 Å². The molecule has 215 valence electrons. The molecule has 0 bridgehead atoms. The number of piperazine rings is 1. The number of halogens is 2. The number of nitrogens with zero attached hydrogens (tertiary/aromatic N) is 6. The molecule has 1 aliphatic heterocycles. The lowest BCUT2D eigenvalue weighted by Crippen LogP contribution is -2.62. The zero-order valence-electron chi connectivity index (χ0n) is 23.7. The normalized spacial score (nSPS) is 18.5. The number of rotatable bonds is 6. The second-order valence-electron chi connectivity index (χ2n) is 10.6. The highest BCUT2D eigenvalue weighted by molar-refractivity contribution is 9.10. The number of hydrogen-bond donors (Lipinski definition) is 1. The second kappa shape index (κ2) is 13.4. The Kier molecular flexibility index (Phi) is 10.1. The summed E-state index contributed by atoms with van der Waals surface area (Å²) in [4.78, 5) is 41.5. The second-order valence-corrected chi connectivity index (χ2v) is 12.0. The number of pyridine rings is 1. The van der Waals surface area contributed by atoms with Gasteiger partial charge in [0.25, 0.3) is 0 Å². The topological polar surface area (TPSA) is 86.6 Å². The molecule has 1 unspecified atom stereocenters. The van der Waals surface area contributed by atoms with Crippen LogP contribution in [0.1, 0.15) is 40.7 Å². The van der Waals surface area contributed by atoms with Gasteiger partial charge in [0.2, 0.25) is 5.91 Å². The number of imidazole rings is 1. The fourth-order valence-corrected chi connectivity index (χ4v) is 6.32. The summed E-state index contributed by atoms with van der Waals surface area (Å²) >= 11 is 9.99. The van der Waals surface area contributed by atoms with Crippen molar-refractivity contribution in [2.45, 2.75) is 44.8 Å². The molecular formula is C29H35BBrClN7O2. The van der Waals surface area contributed by atoms with Gasteiger partial charge in [-0.15, -0.1) is 0 Å². The molecule has 1 fully saturated rings. The zero-order chi connectivity index (χ0) is 28.4. The van der Waals surface area contributed by atoms with E-state index in [2.05, 4.69) is 47.8 Å². The van der Waals surface area contributed by atoms with E-state index in [1.165, 1.54) is 16.0 Å². The minimum Gasteiger partial charge on any atom is -0.354 e. The van der Waals surface area contributed by atoms with Crippen LogP contribution in [0, 0.1) is 6.92 Å². The first kappa shape index (κ1) is 31.1. The molecule has 2 aliphatic rings. The number of carbonyl (C=O) groups is 2. The highest BCUT2D eigenvalue weighted by atomic mass is 79.9. The van der Waals surface area contributed by atoms with Crippen LogP contribution in [0.4, 0.5) is 4.79 Å². The molecule has 1 saturated heterocycles. The number of benzene rings is 1. The minimum atomic E-state index is -0.628. The van der Waals surface area contributed by atoms with E-state index in [0.717, 1.165) is 47.4 Å². The molecule has 0 saturated carbocycles. The Morgan fingerprint density at radius 2 is 1.93 bits per heavy atom. The van der Waals surface area contributed by atoms with Crippen LogP contribution >= 0.6 is 27.5 Å². The van der Waals surface area contributed by atoms with E-state index in [0.29, 0.717) is 31.2 Å². The van der Waals surface area contributed by atoms with E-state index in [1.54, 1.807) is 25.2 Å². The van der Waals surface area contributed by atoms with Gasteiger partial charge >= 0.3 is 6.03 Å². The summed E-state index contributed by atoms with van der Waals surface area (Å²) in [5.41, 5.74) is 4.51. The van der Waals surface area contributed by atoms with E-state index < -0.39 is 6.04 Å². The molecule has 1 N–H and O–H groups in total. The summed E-state index contributed by atoms with van der Waals surface area (Å²) in [5.74, 6) is 0.805. The fraction of sp³-hybridized carbons (Fsp3) is 0.448. The largest absolute Gasteiger partial charge is 0.354 e. The average molecular weight is 640 g/mol. The number of carbonyl (C=O) groups excluding carboxylic acids is 2. The van der Waals surface area contributed by atoms with Crippen LogP contribution in [0.2, 0.25) is 5.02 Å². The van der Waals surface area contributed by atoms with Crippen molar-refractivity contribution >= 4 is 47.9 Å². The molecular weight excluding hydrogens is 605 g/mol. The molecule has 41 heavy (non-hydrogen) atoms. The molecule has 9 nitrogen and oxygen atoms in total. The number of nitrogens with one attached hydrogen (secondary N) is 1. The zero-order valence-corrected chi connectivity index (χ0v) is 26.0. The van der Waals surface area contributed by atoms with Crippen molar-refractivity contribution in [3.63, 3.8) is 0 Å². The predicted octanol–water partition coefficient (Wildman–Crippen LogP) is 3.68. The number of amides is 3. The van der Waals surface area contributed by atoms with Crippen molar-refractivity contribution in [1.29, 1.82) is 0 Å². The van der Waals surface area contributed by atoms with Gasteiger partial charge in [-0.3, -0.25) is 14.7 Å². The number of fused-ring (bicyclic) bond motifs is 2. The molecule has 3 heterocycles. The maximum Gasteiger partial charge on any atom is 0.320 e. The third-order valence-corrected chi connectivity index (χ3v) is 8.47. The van der Waals surface area contributed by atoms with Gasteiger partial charge in [0.15, 0.2) is 0 Å². The van der Waals surface area contributed by atoms with Gasteiger partial charge in [-0.05, 0) is 77.0 Å². The highest BCUT2D eigenvalue weighted by Gasteiger charge is 2.40. The molecule has 0 spiro atoms. The Morgan fingerprint density at radius 3 is 2.66 bits per heavy atom. The quantitative estimate of drug-likeness (QED) is 0.329. The Bertz CT molecular complexity index is 1350. The number of aromatic nitrogens is 3. The summed E-state index contributed by atoms with van der Waals surface area (Å²) in [5, 5.41) is 3.81. The molecule has 12 heteroatoms. The molecule has 5 rings (SSSR count). The van der Waals surface area contributed by atoms with Crippen LogP contribution in [-0.4, -0.2) is 95.9 Å². The van der Waals surface area contributed by atoms with Crippen molar-refractivity contribution in [2.75, 3.05) is 40.3 Å². The lowest BCUT2D eigenvalue weighted by atomic mass is 9.95. The predicted molar refractivity (Wildman–Crippen MR) is 164 cm³/mol. The Balaban J connectivity index is 0.00000387. The van der Waals surface area contributed by atoms with E-state index in [-0.39, 0.29) is 26.4 Å². The highest BCUT2D eigenvalue weighted by Crippen LogP contribution is 2.38. The Labute approximate surface area is 257 Å². The van der Waals surface area contributed by atoms with Gasteiger partial charge in [-0.25, -0.2) is 9.78 Å². The average Bonchev–Trinajstić information content (AvgIpc) is 3.28. The van der Waals surface area contributed by atoms with Crippen LogP contribution in [0.5, 0.6) is 0 Å². The van der Waals surface area contributed by atoms with Crippen LogP contribution < -0.4 is 5.32 Å². The van der Waals surface area contributed by atoms with Crippen molar-refractivity contribution < 1.29 is 9.59 Å². The molecule has 3 amide bonds. The number of hydrogen-bond acceptors (Lipinski definition) is 5. The molecule has 1 aliphatic carbocycles. The third kappa shape index (κ3) is 6.79. The maximum absolute atomic E-state index is 13.6. The maximum atomic E-state index is 13.6. The van der Waals surface area contributed by atoms with Crippen molar-refractivity contribution in [3.05, 3.63) is 80.6 Å². The van der Waals surface area contributed by atoms with Gasteiger partial charge in [0.1, 0.15) is 11.9 Å². The van der Waals surface area contributed by atoms with Crippen LogP contribution in [0.3, 0.4) is 0 Å². The number of aryl methyl sites for hydroxylation is 4. The smallest absolute Gasteiger partial charge is 0.320 e. The molecule has 3 radical (unpaired) electrons. The van der Waals surface area contributed by atoms with E-state index >= 15 is 0 Å². The first-order valence-electron chi connectivity index (χ1n) is 13.6. The SMILES string of the molecule is Cc1nccn1CCCNC(=O)[C@H]1CN(C2c3ccc(Cl)cc3CCc3cc(Br)cnc32)CCN1C(=O)N(C)C.[B].